The van der Waals surface area contributed by atoms with Crippen LogP contribution in [0.5, 0.6) is 0 Å². The first-order valence-corrected chi connectivity index (χ1v) is 8.36. The van der Waals surface area contributed by atoms with Gasteiger partial charge < -0.3 is 10.2 Å². The van der Waals surface area contributed by atoms with Gasteiger partial charge in [0.1, 0.15) is 11.6 Å². The van der Waals surface area contributed by atoms with E-state index in [2.05, 4.69) is 37.4 Å². The van der Waals surface area contributed by atoms with E-state index in [1.165, 1.54) is 4.90 Å². The van der Waals surface area contributed by atoms with Crippen LogP contribution in [-0.2, 0) is 23.5 Å². The summed E-state index contributed by atoms with van der Waals surface area (Å²) in [6.07, 6.45) is 0.805. The number of anilines is 1. The predicted molar refractivity (Wildman–Crippen MR) is 86.9 cm³/mol. The van der Waals surface area contributed by atoms with Crippen molar-refractivity contribution in [3.8, 4) is 0 Å². The molecule has 1 aliphatic heterocycles. The minimum atomic E-state index is 0.520. The van der Waals surface area contributed by atoms with Gasteiger partial charge in [-0.05, 0) is 28.1 Å². The molecule has 2 aromatic rings. The number of fused-ring (bicyclic) bond motifs is 1. The van der Waals surface area contributed by atoms with E-state index in [-0.39, 0.29) is 0 Å². The van der Waals surface area contributed by atoms with Crippen LogP contribution in [0.2, 0.25) is 0 Å². The standard InChI is InChI=1S/C14H15BrN4OS/c15-10-3-1-2-4-12(10)21-8-13-17-11-5-6-20-7-9(11)14(18-13)19-16/h1-4H,5-8,16H2,(H,17,18,19). The molecule has 0 unspecified atom stereocenters. The van der Waals surface area contributed by atoms with E-state index in [1.54, 1.807) is 11.8 Å². The first kappa shape index (κ1) is 14.8. The molecule has 0 bridgehead atoms. The summed E-state index contributed by atoms with van der Waals surface area (Å²) in [5.41, 5.74) is 4.66. The highest BCUT2D eigenvalue weighted by Gasteiger charge is 2.17. The molecule has 1 aromatic heterocycles. The number of nitrogens with zero attached hydrogens (tertiary/aromatic N) is 2. The maximum Gasteiger partial charge on any atom is 0.149 e. The normalized spacial score (nSPS) is 13.8. The second-order valence-electron chi connectivity index (χ2n) is 4.58. The van der Waals surface area contributed by atoms with Gasteiger partial charge in [-0.2, -0.15) is 0 Å². The Hall–Kier alpha value is -1.15. The number of nitrogens with one attached hydrogen (secondary N) is 1. The summed E-state index contributed by atoms with van der Waals surface area (Å²) in [4.78, 5) is 10.3. The van der Waals surface area contributed by atoms with Crippen LogP contribution in [-0.4, -0.2) is 16.6 Å². The van der Waals surface area contributed by atoms with Gasteiger partial charge in [-0.3, -0.25) is 0 Å². The number of nitrogen functional groups attached to an aromatic ring is 1. The molecule has 0 aliphatic carbocycles. The smallest absolute Gasteiger partial charge is 0.149 e. The van der Waals surface area contributed by atoms with Crippen LogP contribution in [0, 0.1) is 0 Å². The van der Waals surface area contributed by atoms with E-state index >= 15 is 0 Å². The molecule has 0 saturated heterocycles. The second-order valence-corrected chi connectivity index (χ2v) is 6.45. The van der Waals surface area contributed by atoms with E-state index < -0.39 is 0 Å². The van der Waals surface area contributed by atoms with Crippen LogP contribution in [0.25, 0.3) is 0 Å². The molecule has 0 atom stereocenters. The average Bonchev–Trinajstić information content (AvgIpc) is 2.53. The largest absolute Gasteiger partial charge is 0.376 e. The third kappa shape index (κ3) is 3.37. The Kier molecular flexibility index (Phi) is 4.74. The van der Waals surface area contributed by atoms with Crippen LogP contribution >= 0.6 is 27.7 Å². The Bertz CT molecular complexity index is 636. The highest BCUT2D eigenvalue weighted by atomic mass is 79.9. The summed E-state index contributed by atoms with van der Waals surface area (Å²) in [5.74, 6) is 7.71. The zero-order chi connectivity index (χ0) is 14.7. The van der Waals surface area contributed by atoms with Crippen LogP contribution < -0.4 is 11.3 Å². The van der Waals surface area contributed by atoms with Gasteiger partial charge in [0.15, 0.2) is 0 Å². The molecular weight excluding hydrogens is 352 g/mol. The first-order chi connectivity index (χ1) is 10.3. The molecule has 3 N–H and O–H groups in total. The Morgan fingerprint density at radius 2 is 2.19 bits per heavy atom. The maximum atomic E-state index is 5.56. The number of ether oxygens (including phenoxy) is 1. The number of hydrazine groups is 1. The lowest BCUT2D eigenvalue weighted by Gasteiger charge is -2.19. The van der Waals surface area contributed by atoms with Crippen molar-refractivity contribution in [1.29, 1.82) is 0 Å². The maximum absolute atomic E-state index is 5.56. The Morgan fingerprint density at radius 1 is 1.33 bits per heavy atom. The molecule has 0 radical (unpaired) electrons. The molecule has 0 amide bonds. The number of benzene rings is 1. The first-order valence-electron chi connectivity index (χ1n) is 6.58. The molecule has 21 heavy (non-hydrogen) atoms. The quantitative estimate of drug-likeness (QED) is 0.492. The molecule has 1 aliphatic rings. The number of halogens is 1. The molecule has 7 heteroatoms. The highest BCUT2D eigenvalue weighted by Crippen LogP contribution is 2.30. The van der Waals surface area contributed by atoms with Gasteiger partial charge >= 0.3 is 0 Å². The summed E-state index contributed by atoms with van der Waals surface area (Å²) in [6.45, 7) is 1.22. The Labute approximate surface area is 135 Å². The molecule has 2 heterocycles. The van der Waals surface area contributed by atoms with Crippen molar-refractivity contribution >= 4 is 33.5 Å². The molecule has 1 aromatic carbocycles. The van der Waals surface area contributed by atoms with Gasteiger partial charge in [0.05, 0.1) is 24.7 Å². The SMILES string of the molecule is NNc1nc(CSc2ccccc2Br)nc2c1COCC2. The fourth-order valence-corrected chi connectivity index (χ4v) is 3.59. The number of rotatable bonds is 4. The molecule has 0 spiro atoms. The third-order valence-electron chi connectivity index (χ3n) is 3.20. The monoisotopic (exact) mass is 366 g/mol. The summed E-state index contributed by atoms with van der Waals surface area (Å²) in [5, 5.41) is 0. The molecular formula is C14H15BrN4OS. The number of nitrogens with two attached hydrogens (primary N) is 1. The van der Waals surface area contributed by atoms with Crippen molar-refractivity contribution < 1.29 is 4.74 Å². The molecule has 110 valence electrons. The summed E-state index contributed by atoms with van der Waals surface area (Å²) >= 11 is 5.25. The second kappa shape index (κ2) is 6.74. The lowest BCUT2D eigenvalue weighted by atomic mass is 10.1. The fraction of sp³-hybridized carbons (Fsp3) is 0.286. The van der Waals surface area contributed by atoms with Crippen LogP contribution in [0.3, 0.4) is 0 Å². The highest BCUT2D eigenvalue weighted by molar-refractivity contribution is 9.10. The van der Waals surface area contributed by atoms with E-state index in [1.807, 2.05) is 18.2 Å². The minimum absolute atomic E-state index is 0.520. The molecule has 0 fully saturated rings. The zero-order valence-corrected chi connectivity index (χ0v) is 13.7. The number of thioether (sulfide) groups is 1. The topological polar surface area (TPSA) is 73.1 Å². The van der Waals surface area contributed by atoms with Gasteiger partial charge in [0.2, 0.25) is 0 Å². The van der Waals surface area contributed by atoms with Crippen molar-refractivity contribution in [2.24, 2.45) is 5.84 Å². The van der Waals surface area contributed by atoms with Crippen molar-refractivity contribution in [1.82, 2.24) is 9.97 Å². The van der Waals surface area contributed by atoms with Crippen molar-refractivity contribution in [2.45, 2.75) is 23.7 Å². The minimum Gasteiger partial charge on any atom is -0.376 e. The fourth-order valence-electron chi connectivity index (χ4n) is 2.17. The third-order valence-corrected chi connectivity index (χ3v) is 5.22. The summed E-state index contributed by atoms with van der Waals surface area (Å²) in [6, 6.07) is 8.12. The van der Waals surface area contributed by atoms with E-state index in [4.69, 9.17) is 10.6 Å². The van der Waals surface area contributed by atoms with E-state index in [0.29, 0.717) is 24.8 Å². The predicted octanol–water partition coefficient (Wildman–Crippen LogP) is 2.89. The van der Waals surface area contributed by atoms with E-state index in [0.717, 1.165) is 28.0 Å². The van der Waals surface area contributed by atoms with Crippen molar-refractivity contribution in [3.63, 3.8) is 0 Å². The lowest BCUT2D eigenvalue weighted by molar-refractivity contribution is 0.109. The zero-order valence-electron chi connectivity index (χ0n) is 11.3. The van der Waals surface area contributed by atoms with Crippen LogP contribution in [0.1, 0.15) is 17.1 Å². The number of hydrogen-bond donors (Lipinski definition) is 2. The van der Waals surface area contributed by atoms with Crippen molar-refractivity contribution in [2.75, 3.05) is 12.0 Å². The van der Waals surface area contributed by atoms with E-state index in [9.17, 15) is 0 Å². The van der Waals surface area contributed by atoms with Crippen LogP contribution in [0.4, 0.5) is 5.82 Å². The van der Waals surface area contributed by atoms with Crippen molar-refractivity contribution in [3.05, 3.63) is 45.8 Å². The number of aromatic nitrogens is 2. The van der Waals surface area contributed by atoms with Gasteiger partial charge in [-0.25, -0.2) is 15.8 Å². The average molecular weight is 367 g/mol. The summed E-state index contributed by atoms with van der Waals surface area (Å²) < 4.78 is 6.52. The number of hydrogen-bond acceptors (Lipinski definition) is 6. The van der Waals surface area contributed by atoms with Crippen LogP contribution in [0.15, 0.2) is 33.6 Å². The molecule has 5 nitrogen and oxygen atoms in total. The van der Waals surface area contributed by atoms with Gasteiger partial charge in [-0.1, -0.05) is 12.1 Å². The van der Waals surface area contributed by atoms with Gasteiger partial charge in [0, 0.05) is 21.4 Å². The Morgan fingerprint density at radius 3 is 3.00 bits per heavy atom. The summed E-state index contributed by atoms with van der Waals surface area (Å²) in [7, 11) is 0. The van der Waals surface area contributed by atoms with Gasteiger partial charge in [0.25, 0.3) is 0 Å². The Balaban J connectivity index is 1.81. The molecule has 3 rings (SSSR count). The van der Waals surface area contributed by atoms with Gasteiger partial charge in [-0.15, -0.1) is 11.8 Å². The lowest BCUT2D eigenvalue weighted by Crippen LogP contribution is -2.20. The molecule has 0 saturated carbocycles.